The Bertz CT molecular complexity index is 745. The van der Waals surface area contributed by atoms with Crippen LogP contribution in [-0.2, 0) is 7.05 Å². The highest BCUT2D eigenvalue weighted by Gasteiger charge is 2.12. The van der Waals surface area contributed by atoms with Crippen molar-refractivity contribution in [2.24, 2.45) is 7.05 Å². The van der Waals surface area contributed by atoms with Crippen molar-refractivity contribution >= 4 is 59.0 Å². The Morgan fingerprint density at radius 1 is 1.05 bits per heavy atom. The summed E-state index contributed by atoms with van der Waals surface area (Å²) in [6.07, 6.45) is 3.81. The van der Waals surface area contributed by atoms with Gasteiger partial charge in [0.2, 0.25) is 0 Å². The summed E-state index contributed by atoms with van der Waals surface area (Å²) in [7, 11) is 2.12. The highest BCUT2D eigenvalue weighted by Crippen LogP contribution is 2.32. The first-order chi connectivity index (χ1) is 9.11. The first-order valence-electron chi connectivity index (χ1n) is 6.04. The van der Waals surface area contributed by atoms with Crippen molar-refractivity contribution in [2.45, 2.75) is 20.8 Å². The van der Waals surface area contributed by atoms with Gasteiger partial charge in [-0.25, -0.2) is 0 Å². The van der Waals surface area contributed by atoms with Crippen molar-refractivity contribution in [3.63, 3.8) is 0 Å². The Morgan fingerprint density at radius 3 is 2.42 bits per heavy atom. The van der Waals surface area contributed by atoms with Crippen molar-refractivity contribution in [1.82, 2.24) is 9.55 Å². The average molecular weight is 478 g/mol. The number of halogens is 2. The molecule has 0 amide bonds. The van der Waals surface area contributed by atoms with Gasteiger partial charge in [-0.15, -0.1) is 0 Å². The number of aryl methyl sites for hydroxylation is 3. The van der Waals surface area contributed by atoms with E-state index in [4.69, 9.17) is 0 Å². The van der Waals surface area contributed by atoms with Crippen LogP contribution in [0.3, 0.4) is 0 Å². The molecule has 2 heterocycles. The lowest BCUT2D eigenvalue weighted by molar-refractivity contribution is 1.000. The zero-order valence-electron chi connectivity index (χ0n) is 11.5. The lowest BCUT2D eigenvalue weighted by Gasteiger charge is -2.08. The number of hydrogen-bond donors (Lipinski definition) is 0. The molecule has 0 radical (unpaired) electrons. The summed E-state index contributed by atoms with van der Waals surface area (Å²) in [5.74, 6) is 0. The minimum Gasteiger partial charge on any atom is -0.342 e. The van der Waals surface area contributed by atoms with Gasteiger partial charge >= 0.3 is 0 Å². The number of nitrogens with zero attached hydrogens (tertiary/aromatic N) is 2. The molecule has 0 aliphatic rings. The van der Waals surface area contributed by atoms with Gasteiger partial charge in [-0.1, -0.05) is 0 Å². The number of pyridine rings is 1. The molecule has 1 aromatic carbocycles. The van der Waals surface area contributed by atoms with Gasteiger partial charge in [0.05, 0.1) is 17.2 Å². The van der Waals surface area contributed by atoms with Gasteiger partial charge in [0.25, 0.3) is 0 Å². The maximum Gasteiger partial charge on any atom is 0.0675 e. The number of aromatic nitrogens is 2. The van der Waals surface area contributed by atoms with Crippen molar-refractivity contribution in [2.75, 3.05) is 0 Å². The standard InChI is InChI=1S/C15H16N2.I2/c1-9-7-13-12-5-6-16-8-14(12)17(4)15(13)11(3)10(9)2;1-2/h5-8H,1-4H3;. The minimum atomic E-state index is 1.20. The zero-order chi connectivity index (χ0) is 14.2. The van der Waals surface area contributed by atoms with Crippen LogP contribution in [0, 0.1) is 20.8 Å². The second-order valence-corrected chi connectivity index (χ2v) is 4.79. The van der Waals surface area contributed by atoms with Crippen LogP contribution in [0.15, 0.2) is 24.5 Å². The Hall–Kier alpha value is -0.370. The third-order valence-electron chi connectivity index (χ3n) is 3.91. The molecule has 0 aliphatic carbocycles. The second-order valence-electron chi connectivity index (χ2n) is 4.79. The van der Waals surface area contributed by atoms with Crippen molar-refractivity contribution < 1.29 is 0 Å². The summed E-state index contributed by atoms with van der Waals surface area (Å²) in [6, 6.07) is 4.39. The summed E-state index contributed by atoms with van der Waals surface area (Å²) in [5.41, 5.74) is 6.65. The lowest BCUT2D eigenvalue weighted by atomic mass is 10.00. The van der Waals surface area contributed by atoms with E-state index >= 15 is 0 Å². The van der Waals surface area contributed by atoms with Crippen molar-refractivity contribution in [3.05, 3.63) is 41.2 Å². The molecule has 2 aromatic heterocycles. The maximum atomic E-state index is 4.22. The van der Waals surface area contributed by atoms with Crippen LogP contribution in [0.4, 0.5) is 0 Å². The topological polar surface area (TPSA) is 17.8 Å². The van der Waals surface area contributed by atoms with Crippen LogP contribution in [0.25, 0.3) is 21.8 Å². The Kier molecular flexibility index (Phi) is 4.70. The average Bonchev–Trinajstić information content (AvgIpc) is 2.72. The first kappa shape index (κ1) is 15.0. The molecule has 100 valence electrons. The van der Waals surface area contributed by atoms with Crippen molar-refractivity contribution in [1.29, 1.82) is 0 Å². The highest BCUT2D eigenvalue weighted by molar-refractivity contribution is 15.0. The Morgan fingerprint density at radius 2 is 1.74 bits per heavy atom. The van der Waals surface area contributed by atoms with Gasteiger partial charge in [-0.05, 0) is 49.6 Å². The zero-order valence-corrected chi connectivity index (χ0v) is 15.8. The minimum absolute atomic E-state index is 1.20. The van der Waals surface area contributed by atoms with Gasteiger partial charge in [0, 0.05) is 61.2 Å². The van der Waals surface area contributed by atoms with E-state index in [0.717, 1.165) is 0 Å². The molecule has 0 saturated carbocycles. The fraction of sp³-hybridized carbons (Fsp3) is 0.267. The number of rotatable bonds is 0. The van der Waals surface area contributed by atoms with Crippen LogP contribution in [-0.4, -0.2) is 9.55 Å². The van der Waals surface area contributed by atoms with E-state index < -0.39 is 0 Å². The molecular formula is C15H16I2N2. The summed E-state index contributed by atoms with van der Waals surface area (Å²) in [4.78, 5) is 4.22. The first-order valence-corrected chi connectivity index (χ1v) is 12.3. The molecule has 0 saturated heterocycles. The van der Waals surface area contributed by atoms with Crippen LogP contribution in [0.2, 0.25) is 0 Å². The maximum absolute atomic E-state index is 4.22. The SMILES string of the molecule is Cc1cc2c3ccncc3n(C)c2c(C)c1C.II. The molecule has 0 unspecified atom stereocenters. The highest BCUT2D eigenvalue weighted by atomic mass is 128. The van der Waals surface area contributed by atoms with E-state index in [2.05, 4.69) is 86.7 Å². The molecule has 0 aliphatic heterocycles. The van der Waals surface area contributed by atoms with Crippen LogP contribution in [0.5, 0.6) is 0 Å². The quantitative estimate of drug-likeness (QED) is 0.395. The van der Waals surface area contributed by atoms with E-state index in [0.29, 0.717) is 0 Å². The molecule has 0 bridgehead atoms. The molecular weight excluding hydrogens is 462 g/mol. The molecule has 0 atom stereocenters. The van der Waals surface area contributed by atoms with Crippen molar-refractivity contribution in [3.8, 4) is 0 Å². The van der Waals surface area contributed by atoms with Gasteiger partial charge in [-0.2, -0.15) is 0 Å². The predicted molar refractivity (Wildman–Crippen MR) is 100 cm³/mol. The monoisotopic (exact) mass is 478 g/mol. The molecule has 2 nitrogen and oxygen atoms in total. The van der Waals surface area contributed by atoms with Crippen LogP contribution < -0.4 is 0 Å². The lowest BCUT2D eigenvalue weighted by Crippen LogP contribution is -1.93. The molecule has 0 fully saturated rings. The fourth-order valence-electron chi connectivity index (χ4n) is 2.71. The third kappa shape index (κ3) is 2.37. The third-order valence-corrected chi connectivity index (χ3v) is 3.91. The fourth-order valence-corrected chi connectivity index (χ4v) is 2.71. The normalized spacial score (nSPS) is 10.6. The predicted octanol–water partition coefficient (Wildman–Crippen LogP) is 5.42. The van der Waals surface area contributed by atoms with Gasteiger partial charge in [0.1, 0.15) is 0 Å². The molecule has 3 aromatic rings. The van der Waals surface area contributed by atoms with Gasteiger partial charge in [-0.3, -0.25) is 4.98 Å². The summed E-state index contributed by atoms with van der Waals surface area (Å²) >= 11 is 4.24. The van der Waals surface area contributed by atoms with E-state index in [1.807, 2.05) is 12.4 Å². The molecule has 0 N–H and O–H groups in total. The second kappa shape index (κ2) is 5.95. The summed E-state index contributed by atoms with van der Waals surface area (Å²) < 4.78 is 2.25. The largest absolute Gasteiger partial charge is 0.342 e. The van der Waals surface area contributed by atoms with Gasteiger partial charge < -0.3 is 4.57 Å². The molecule has 0 spiro atoms. The number of fused-ring (bicyclic) bond motifs is 3. The Labute approximate surface area is 136 Å². The molecule has 3 rings (SSSR count). The van der Waals surface area contributed by atoms with Gasteiger partial charge in [0.15, 0.2) is 0 Å². The van der Waals surface area contributed by atoms with E-state index in [-0.39, 0.29) is 0 Å². The molecule has 4 heteroatoms. The Balaban J connectivity index is 0.000000637. The number of benzene rings is 1. The molecule has 19 heavy (non-hydrogen) atoms. The number of hydrogen-bond acceptors (Lipinski definition) is 1. The van der Waals surface area contributed by atoms with E-state index in [1.165, 1.54) is 38.5 Å². The van der Waals surface area contributed by atoms with Crippen LogP contribution >= 0.6 is 37.2 Å². The van der Waals surface area contributed by atoms with E-state index in [9.17, 15) is 0 Å². The summed E-state index contributed by atoms with van der Waals surface area (Å²) in [5, 5.41) is 2.63. The smallest absolute Gasteiger partial charge is 0.0675 e. The summed E-state index contributed by atoms with van der Waals surface area (Å²) in [6.45, 7) is 6.58. The van der Waals surface area contributed by atoms with E-state index in [1.54, 1.807) is 0 Å². The van der Waals surface area contributed by atoms with Crippen LogP contribution in [0.1, 0.15) is 16.7 Å².